The van der Waals surface area contributed by atoms with Gasteiger partial charge in [-0.1, -0.05) is 26.7 Å². The molecule has 0 aromatic heterocycles. The first-order valence-corrected chi connectivity index (χ1v) is 2.79. The lowest BCUT2D eigenvalue weighted by Crippen LogP contribution is -2.02. The van der Waals surface area contributed by atoms with Gasteiger partial charge in [0, 0.05) is 0 Å². The zero-order chi connectivity index (χ0) is 7.91. The molecule has 0 saturated heterocycles. The van der Waals surface area contributed by atoms with Crippen molar-refractivity contribution in [2.24, 2.45) is 0 Å². The van der Waals surface area contributed by atoms with Crippen molar-refractivity contribution >= 4 is 7.25 Å². The van der Waals surface area contributed by atoms with Crippen LogP contribution in [0.1, 0.15) is 26.7 Å². The molecule has 0 unspecified atom stereocenters. The molecule has 0 bridgehead atoms. The third-order valence-electron chi connectivity index (χ3n) is 0.500. The van der Waals surface area contributed by atoms with E-state index in [0.29, 0.717) is 0 Å². The Morgan fingerprint density at radius 2 is 1.00 bits per heavy atom. The van der Waals surface area contributed by atoms with Crippen molar-refractivity contribution in [3.63, 3.8) is 0 Å². The topological polar surface area (TPSA) is 0 Å². The smallest absolute Gasteiger partial charge is 0.418 e. The lowest BCUT2D eigenvalue weighted by atomic mass is 10.3. The Morgan fingerprint density at radius 3 is 1.00 bits per heavy atom. The lowest BCUT2D eigenvalue weighted by Gasteiger charge is -1.94. The Morgan fingerprint density at radius 1 is 0.889 bits per heavy atom. The van der Waals surface area contributed by atoms with E-state index in [1.807, 2.05) is 0 Å². The third kappa shape index (κ3) is 423. The second kappa shape index (κ2) is 5.91. The van der Waals surface area contributed by atoms with Crippen LogP contribution in [-0.4, -0.2) is 7.25 Å². The van der Waals surface area contributed by atoms with Crippen molar-refractivity contribution in [2.75, 3.05) is 0 Å². The molecule has 0 rings (SSSR count). The molecule has 0 heterocycles. The van der Waals surface area contributed by atoms with E-state index in [9.17, 15) is 17.3 Å². The molecule has 5 heteroatoms. The maximum Gasteiger partial charge on any atom is 0.673 e. The van der Waals surface area contributed by atoms with Crippen LogP contribution in [0.4, 0.5) is 17.3 Å². The summed E-state index contributed by atoms with van der Waals surface area (Å²) in [5.74, 6) is 0. The van der Waals surface area contributed by atoms with Crippen LogP contribution in [0.3, 0.4) is 0 Å². The molecular formula is C4H10BF4-. The summed E-state index contributed by atoms with van der Waals surface area (Å²) >= 11 is 0. The summed E-state index contributed by atoms with van der Waals surface area (Å²) in [7, 11) is -6.00. The molecule has 0 amide bonds. The number of hydrogen-bond acceptors (Lipinski definition) is 0. The molecule has 58 valence electrons. The maximum absolute atomic E-state index is 9.75. The largest absolute Gasteiger partial charge is 0.673 e. The van der Waals surface area contributed by atoms with Gasteiger partial charge in [-0.15, -0.1) is 0 Å². The normalized spacial score (nSPS) is 10.0. The van der Waals surface area contributed by atoms with E-state index in [4.69, 9.17) is 0 Å². The molecule has 0 spiro atoms. The van der Waals surface area contributed by atoms with Crippen LogP contribution < -0.4 is 0 Å². The average molecular weight is 145 g/mol. The quantitative estimate of drug-likeness (QED) is 0.392. The second-order valence-corrected chi connectivity index (χ2v) is 1.49. The highest BCUT2D eigenvalue weighted by Gasteiger charge is 2.20. The van der Waals surface area contributed by atoms with Gasteiger partial charge in [-0.25, -0.2) is 0 Å². The first-order valence-electron chi connectivity index (χ1n) is 2.79. The zero-order valence-electron chi connectivity index (χ0n) is 5.50. The molecule has 0 aliphatic heterocycles. The van der Waals surface area contributed by atoms with Crippen molar-refractivity contribution in [2.45, 2.75) is 26.7 Å². The standard InChI is InChI=1S/C4H10.BF4/c1-3-4-2;2-1(3,4)5/h3-4H2,1-2H3;/q;-1. The SMILES string of the molecule is CCCC.F[B-](F)(F)F. The Labute approximate surface area is 52.4 Å². The van der Waals surface area contributed by atoms with Crippen molar-refractivity contribution in [3.8, 4) is 0 Å². The van der Waals surface area contributed by atoms with Crippen LogP contribution in [0.15, 0.2) is 0 Å². The molecule has 0 saturated carbocycles. The molecule has 0 atom stereocenters. The molecule has 0 fully saturated rings. The Balaban J connectivity index is 0. The number of rotatable bonds is 1. The maximum atomic E-state index is 9.75. The molecule has 0 N–H and O–H groups in total. The minimum absolute atomic E-state index is 1.32. The lowest BCUT2D eigenvalue weighted by molar-refractivity contribution is 0.368. The first-order chi connectivity index (χ1) is 3.91. The van der Waals surface area contributed by atoms with Gasteiger partial charge in [0.25, 0.3) is 0 Å². The Hall–Kier alpha value is -0.215. The minimum Gasteiger partial charge on any atom is -0.418 e. The molecule has 0 aromatic rings. The fourth-order valence-electron chi connectivity index (χ4n) is 0. The van der Waals surface area contributed by atoms with Crippen molar-refractivity contribution < 1.29 is 17.3 Å². The molecule has 0 nitrogen and oxygen atoms in total. The number of unbranched alkanes of at least 4 members (excludes halogenated alkanes) is 1. The zero-order valence-corrected chi connectivity index (χ0v) is 5.50. The summed E-state index contributed by atoms with van der Waals surface area (Å²) in [6, 6.07) is 0. The van der Waals surface area contributed by atoms with Gasteiger partial charge in [-0.2, -0.15) is 0 Å². The molecule has 0 radical (unpaired) electrons. The van der Waals surface area contributed by atoms with E-state index in [1.165, 1.54) is 12.8 Å². The van der Waals surface area contributed by atoms with Gasteiger partial charge < -0.3 is 17.3 Å². The van der Waals surface area contributed by atoms with Crippen molar-refractivity contribution in [1.82, 2.24) is 0 Å². The van der Waals surface area contributed by atoms with Crippen LogP contribution in [0, 0.1) is 0 Å². The summed E-state index contributed by atoms with van der Waals surface area (Å²) in [5.41, 5.74) is 0. The summed E-state index contributed by atoms with van der Waals surface area (Å²) in [6.07, 6.45) is 2.64. The predicted molar refractivity (Wildman–Crippen MR) is 30.8 cm³/mol. The van der Waals surface area contributed by atoms with E-state index in [-0.39, 0.29) is 0 Å². The molecule has 0 aliphatic carbocycles. The van der Waals surface area contributed by atoms with E-state index < -0.39 is 7.25 Å². The minimum atomic E-state index is -6.00. The van der Waals surface area contributed by atoms with Crippen LogP contribution in [-0.2, 0) is 0 Å². The number of hydrogen-bond donors (Lipinski definition) is 0. The van der Waals surface area contributed by atoms with Gasteiger partial charge >= 0.3 is 7.25 Å². The fraction of sp³-hybridized carbons (Fsp3) is 1.00. The van der Waals surface area contributed by atoms with E-state index in [2.05, 4.69) is 13.8 Å². The van der Waals surface area contributed by atoms with Crippen LogP contribution in [0.5, 0.6) is 0 Å². The Bertz CT molecular complexity index is 43.0. The first kappa shape index (κ1) is 11.6. The highest BCUT2D eigenvalue weighted by Crippen LogP contribution is 2.06. The third-order valence-corrected chi connectivity index (χ3v) is 0.500. The highest BCUT2D eigenvalue weighted by molar-refractivity contribution is 6.50. The average Bonchev–Trinajstić information content (AvgIpc) is 1.61. The van der Waals surface area contributed by atoms with Gasteiger partial charge in [0.1, 0.15) is 0 Å². The van der Waals surface area contributed by atoms with Crippen molar-refractivity contribution in [1.29, 1.82) is 0 Å². The summed E-state index contributed by atoms with van der Waals surface area (Å²) < 4.78 is 39.0. The van der Waals surface area contributed by atoms with Gasteiger partial charge in [0.15, 0.2) is 0 Å². The molecular weight excluding hydrogens is 135 g/mol. The number of halogens is 4. The molecule has 0 aliphatic rings. The van der Waals surface area contributed by atoms with Crippen LogP contribution in [0.2, 0.25) is 0 Å². The van der Waals surface area contributed by atoms with Crippen LogP contribution in [0.25, 0.3) is 0 Å². The van der Waals surface area contributed by atoms with Gasteiger partial charge in [-0.05, 0) is 0 Å². The summed E-state index contributed by atoms with van der Waals surface area (Å²) in [4.78, 5) is 0. The highest BCUT2D eigenvalue weighted by atomic mass is 19.5. The van der Waals surface area contributed by atoms with Crippen molar-refractivity contribution in [3.05, 3.63) is 0 Å². The van der Waals surface area contributed by atoms with Crippen LogP contribution >= 0.6 is 0 Å². The molecule has 9 heavy (non-hydrogen) atoms. The second-order valence-electron chi connectivity index (χ2n) is 1.49. The Kier molecular flexibility index (Phi) is 7.60. The monoisotopic (exact) mass is 145 g/mol. The summed E-state index contributed by atoms with van der Waals surface area (Å²) in [5, 5.41) is 0. The summed E-state index contributed by atoms with van der Waals surface area (Å²) in [6.45, 7) is 4.36. The van der Waals surface area contributed by atoms with E-state index >= 15 is 0 Å². The fourth-order valence-corrected chi connectivity index (χ4v) is 0. The predicted octanol–water partition coefficient (Wildman–Crippen LogP) is 3.11. The van der Waals surface area contributed by atoms with Gasteiger partial charge in [-0.3, -0.25) is 0 Å². The van der Waals surface area contributed by atoms with E-state index in [0.717, 1.165) is 0 Å². The van der Waals surface area contributed by atoms with Gasteiger partial charge in [0.2, 0.25) is 0 Å². The van der Waals surface area contributed by atoms with Gasteiger partial charge in [0.05, 0.1) is 0 Å². The molecule has 0 aromatic carbocycles. The van der Waals surface area contributed by atoms with E-state index in [1.54, 1.807) is 0 Å².